The summed E-state index contributed by atoms with van der Waals surface area (Å²) in [5.74, 6) is -1.16. The Morgan fingerprint density at radius 1 is 1.30 bits per heavy atom. The SMILES string of the molecule is CCOC(=O)C1Cc2ccccc2N1C(=O)CNC(=O)[C@@H](N)[C@@H](C)CC.Cl. The molecule has 1 unspecified atom stereocenters. The predicted octanol–water partition coefficient (Wildman–Crippen LogP) is 1.42. The Morgan fingerprint density at radius 3 is 2.59 bits per heavy atom. The summed E-state index contributed by atoms with van der Waals surface area (Å²) in [6.45, 7) is 5.59. The molecule has 1 heterocycles. The number of carbonyl (C=O) groups excluding carboxylic acids is 3. The van der Waals surface area contributed by atoms with E-state index in [1.54, 1.807) is 13.0 Å². The molecule has 3 atom stereocenters. The number of fused-ring (bicyclic) bond motifs is 1. The van der Waals surface area contributed by atoms with Crippen LogP contribution < -0.4 is 16.0 Å². The van der Waals surface area contributed by atoms with Crippen molar-refractivity contribution in [2.45, 2.75) is 45.7 Å². The van der Waals surface area contributed by atoms with Gasteiger partial charge in [0.05, 0.1) is 19.2 Å². The van der Waals surface area contributed by atoms with Gasteiger partial charge in [0.2, 0.25) is 11.8 Å². The quantitative estimate of drug-likeness (QED) is 0.677. The second-order valence-corrected chi connectivity index (χ2v) is 6.49. The highest BCUT2D eigenvalue weighted by Crippen LogP contribution is 2.32. The van der Waals surface area contributed by atoms with Gasteiger partial charge in [-0.25, -0.2) is 4.79 Å². The van der Waals surface area contributed by atoms with Crippen molar-refractivity contribution in [1.82, 2.24) is 5.32 Å². The Bertz CT molecular complexity index is 683. The molecule has 0 bridgehead atoms. The van der Waals surface area contributed by atoms with Gasteiger partial charge in [-0.05, 0) is 24.5 Å². The van der Waals surface area contributed by atoms with Gasteiger partial charge in [0, 0.05) is 12.1 Å². The van der Waals surface area contributed by atoms with E-state index in [-0.39, 0.29) is 43.3 Å². The highest BCUT2D eigenvalue weighted by atomic mass is 35.5. The number of carbonyl (C=O) groups is 3. The zero-order valence-corrected chi connectivity index (χ0v) is 16.8. The van der Waals surface area contributed by atoms with E-state index >= 15 is 0 Å². The fourth-order valence-corrected chi connectivity index (χ4v) is 3.00. The summed E-state index contributed by atoms with van der Waals surface area (Å²) in [6, 6.07) is 5.97. The monoisotopic (exact) mass is 397 g/mol. The molecular weight excluding hydrogens is 370 g/mol. The summed E-state index contributed by atoms with van der Waals surface area (Å²) in [4.78, 5) is 38.6. The summed E-state index contributed by atoms with van der Waals surface area (Å²) in [5.41, 5.74) is 7.47. The van der Waals surface area contributed by atoms with Gasteiger partial charge in [-0.2, -0.15) is 0 Å². The van der Waals surface area contributed by atoms with E-state index in [0.29, 0.717) is 12.1 Å². The Hall–Kier alpha value is -2.12. The lowest BCUT2D eigenvalue weighted by atomic mass is 9.99. The van der Waals surface area contributed by atoms with Gasteiger partial charge < -0.3 is 15.8 Å². The van der Waals surface area contributed by atoms with Gasteiger partial charge in [0.1, 0.15) is 6.04 Å². The molecular formula is C19H28ClN3O4. The van der Waals surface area contributed by atoms with Crippen LogP contribution in [0.15, 0.2) is 24.3 Å². The third-order valence-corrected chi connectivity index (χ3v) is 4.78. The first kappa shape index (κ1) is 22.9. The predicted molar refractivity (Wildman–Crippen MR) is 106 cm³/mol. The number of amides is 2. The minimum atomic E-state index is -0.708. The number of rotatable bonds is 7. The molecule has 0 saturated heterocycles. The molecule has 1 aliphatic rings. The zero-order chi connectivity index (χ0) is 19.3. The molecule has 0 aliphatic carbocycles. The molecule has 3 N–H and O–H groups in total. The number of hydrogen-bond acceptors (Lipinski definition) is 5. The molecule has 1 aromatic carbocycles. The summed E-state index contributed by atoms with van der Waals surface area (Å²) in [7, 11) is 0. The molecule has 150 valence electrons. The van der Waals surface area contributed by atoms with Crippen LogP contribution in [0.5, 0.6) is 0 Å². The van der Waals surface area contributed by atoms with Crippen molar-refractivity contribution in [2.24, 2.45) is 11.7 Å². The van der Waals surface area contributed by atoms with Crippen LogP contribution in [-0.4, -0.2) is 43.0 Å². The van der Waals surface area contributed by atoms with E-state index in [1.165, 1.54) is 4.90 Å². The number of nitrogens with one attached hydrogen (secondary N) is 1. The molecule has 8 heteroatoms. The largest absolute Gasteiger partial charge is 0.464 e. The minimum absolute atomic E-state index is 0. The number of anilines is 1. The second kappa shape index (κ2) is 10.3. The topological polar surface area (TPSA) is 102 Å². The normalized spacial score (nSPS) is 17.3. The third kappa shape index (κ3) is 5.20. The van der Waals surface area contributed by atoms with Crippen LogP contribution in [0.4, 0.5) is 5.69 Å². The van der Waals surface area contributed by atoms with E-state index in [0.717, 1.165) is 12.0 Å². The van der Waals surface area contributed by atoms with Crippen LogP contribution in [0.2, 0.25) is 0 Å². The van der Waals surface area contributed by atoms with E-state index in [1.807, 2.05) is 32.0 Å². The number of nitrogens with two attached hydrogens (primary N) is 1. The van der Waals surface area contributed by atoms with Crippen molar-refractivity contribution in [3.05, 3.63) is 29.8 Å². The number of esters is 1. The molecule has 0 saturated carbocycles. The van der Waals surface area contributed by atoms with Crippen LogP contribution in [0, 0.1) is 5.92 Å². The maximum absolute atomic E-state index is 12.8. The summed E-state index contributed by atoms with van der Waals surface area (Å²) >= 11 is 0. The Balaban J connectivity index is 0.00000364. The highest BCUT2D eigenvalue weighted by Gasteiger charge is 2.39. The number of hydrogen-bond donors (Lipinski definition) is 2. The van der Waals surface area contributed by atoms with Crippen LogP contribution in [0.25, 0.3) is 0 Å². The Morgan fingerprint density at radius 2 is 1.96 bits per heavy atom. The number of benzene rings is 1. The summed E-state index contributed by atoms with van der Waals surface area (Å²) in [5, 5.41) is 2.59. The summed E-state index contributed by atoms with van der Waals surface area (Å²) in [6.07, 6.45) is 1.17. The van der Waals surface area contributed by atoms with E-state index in [4.69, 9.17) is 10.5 Å². The Kier molecular flexibility index (Phi) is 8.72. The van der Waals surface area contributed by atoms with Crippen LogP contribution in [0.3, 0.4) is 0 Å². The molecule has 7 nitrogen and oxygen atoms in total. The molecule has 0 fully saturated rings. The van der Waals surface area contributed by atoms with Gasteiger partial charge in [-0.1, -0.05) is 38.5 Å². The molecule has 0 spiro atoms. The number of ether oxygens (including phenoxy) is 1. The van der Waals surface area contributed by atoms with Crippen LogP contribution >= 0.6 is 12.4 Å². The smallest absolute Gasteiger partial charge is 0.329 e. The molecule has 2 rings (SSSR count). The van der Waals surface area contributed by atoms with E-state index in [9.17, 15) is 14.4 Å². The number of para-hydroxylation sites is 1. The van der Waals surface area contributed by atoms with Gasteiger partial charge in [0.25, 0.3) is 0 Å². The Labute approximate surface area is 166 Å². The molecule has 27 heavy (non-hydrogen) atoms. The number of halogens is 1. The lowest BCUT2D eigenvalue weighted by molar-refractivity contribution is -0.145. The first-order valence-electron chi connectivity index (χ1n) is 9.00. The average molecular weight is 398 g/mol. The molecule has 1 aliphatic heterocycles. The van der Waals surface area contributed by atoms with Crippen LogP contribution in [0.1, 0.15) is 32.8 Å². The molecule has 2 amide bonds. The molecule has 0 aromatic heterocycles. The average Bonchev–Trinajstić information content (AvgIpc) is 3.04. The van der Waals surface area contributed by atoms with Crippen molar-refractivity contribution < 1.29 is 19.1 Å². The van der Waals surface area contributed by atoms with Crippen molar-refractivity contribution >= 4 is 35.9 Å². The standard InChI is InChI=1S/C19H27N3O4.ClH/c1-4-12(3)17(20)18(24)21-11-16(23)22-14-9-7-6-8-13(14)10-15(22)19(25)26-5-2;/h6-9,12,15,17H,4-5,10-11,20H2,1-3H3,(H,21,24);1H/t12-,15?,17-;/m0./s1. The highest BCUT2D eigenvalue weighted by molar-refractivity contribution is 6.04. The summed E-state index contributed by atoms with van der Waals surface area (Å²) < 4.78 is 5.11. The maximum atomic E-state index is 12.8. The minimum Gasteiger partial charge on any atom is -0.464 e. The fourth-order valence-electron chi connectivity index (χ4n) is 3.00. The van der Waals surface area contributed by atoms with Gasteiger partial charge in [-0.15, -0.1) is 12.4 Å². The van der Waals surface area contributed by atoms with Crippen LogP contribution in [-0.2, 0) is 25.5 Å². The third-order valence-electron chi connectivity index (χ3n) is 4.78. The van der Waals surface area contributed by atoms with E-state index in [2.05, 4.69) is 5.32 Å². The lowest BCUT2D eigenvalue weighted by Gasteiger charge is -2.25. The van der Waals surface area contributed by atoms with Crippen molar-refractivity contribution in [3.63, 3.8) is 0 Å². The first-order chi connectivity index (χ1) is 12.4. The van der Waals surface area contributed by atoms with Crippen molar-refractivity contribution in [3.8, 4) is 0 Å². The maximum Gasteiger partial charge on any atom is 0.329 e. The lowest BCUT2D eigenvalue weighted by Crippen LogP contribution is -2.51. The van der Waals surface area contributed by atoms with Gasteiger partial charge in [-0.3, -0.25) is 14.5 Å². The fraction of sp³-hybridized carbons (Fsp3) is 0.526. The first-order valence-corrected chi connectivity index (χ1v) is 9.00. The van der Waals surface area contributed by atoms with Gasteiger partial charge >= 0.3 is 5.97 Å². The van der Waals surface area contributed by atoms with Crippen molar-refractivity contribution in [1.29, 1.82) is 0 Å². The number of nitrogens with zero attached hydrogens (tertiary/aromatic N) is 1. The van der Waals surface area contributed by atoms with Crippen molar-refractivity contribution in [2.75, 3.05) is 18.1 Å². The molecule has 1 aromatic rings. The van der Waals surface area contributed by atoms with Gasteiger partial charge in [0.15, 0.2) is 0 Å². The second-order valence-electron chi connectivity index (χ2n) is 6.49. The molecule has 0 radical (unpaired) electrons. The van der Waals surface area contributed by atoms with E-state index < -0.39 is 18.1 Å². The zero-order valence-electron chi connectivity index (χ0n) is 15.9.